The lowest BCUT2D eigenvalue weighted by Gasteiger charge is -2.20. The molecule has 1 aromatic carbocycles. The van der Waals surface area contributed by atoms with E-state index in [1.165, 1.54) is 5.56 Å². The van der Waals surface area contributed by atoms with Crippen molar-refractivity contribution in [1.82, 2.24) is 24.8 Å². The minimum atomic E-state index is -0.0804. The lowest BCUT2D eigenvalue weighted by molar-refractivity contribution is 0.477. The number of aryl methyl sites for hydroxylation is 2. The number of rotatable bonds is 5. The normalized spacial score (nSPS) is 13.7. The third-order valence-electron chi connectivity index (χ3n) is 5.16. The monoisotopic (exact) mass is 393 g/mol. The Kier molecular flexibility index (Phi) is 4.87. The fraction of sp³-hybridized carbons (Fsp3) is 0.286. The largest absolute Gasteiger partial charge is 0.309 e. The average Bonchev–Trinajstić information content (AvgIpc) is 3.31. The average molecular weight is 394 g/mol. The predicted molar refractivity (Wildman–Crippen MR) is 113 cm³/mol. The topological polar surface area (TPSA) is 75.6 Å². The summed E-state index contributed by atoms with van der Waals surface area (Å²) in [4.78, 5) is 26.2. The van der Waals surface area contributed by atoms with Gasteiger partial charge in [0.2, 0.25) is 0 Å². The van der Waals surface area contributed by atoms with Gasteiger partial charge in [0.25, 0.3) is 5.56 Å². The fourth-order valence-corrected chi connectivity index (χ4v) is 4.41. The molecule has 2 atom stereocenters. The van der Waals surface area contributed by atoms with E-state index in [0.717, 1.165) is 21.0 Å². The number of nitrogens with one attached hydrogen (secondary N) is 2. The van der Waals surface area contributed by atoms with Gasteiger partial charge in [-0.05, 0) is 51.0 Å². The number of hydrogen-bond donors (Lipinski definition) is 2. The van der Waals surface area contributed by atoms with Crippen molar-refractivity contribution in [3.8, 4) is 5.69 Å². The Morgan fingerprint density at radius 2 is 1.89 bits per heavy atom. The highest BCUT2D eigenvalue weighted by Gasteiger charge is 2.17. The zero-order valence-corrected chi connectivity index (χ0v) is 17.2. The summed E-state index contributed by atoms with van der Waals surface area (Å²) in [5.41, 5.74) is 3.20. The van der Waals surface area contributed by atoms with Crippen molar-refractivity contribution in [2.75, 3.05) is 0 Å². The van der Waals surface area contributed by atoms with Crippen molar-refractivity contribution < 1.29 is 0 Å². The number of fused-ring (bicyclic) bond motifs is 1. The summed E-state index contributed by atoms with van der Waals surface area (Å²) in [5.74, 6) is 0.667. The van der Waals surface area contributed by atoms with Gasteiger partial charge in [-0.1, -0.05) is 12.1 Å². The van der Waals surface area contributed by atoms with Crippen molar-refractivity contribution in [3.63, 3.8) is 0 Å². The second-order valence-electron chi connectivity index (χ2n) is 7.09. The second-order valence-corrected chi connectivity index (χ2v) is 8.29. The van der Waals surface area contributed by atoms with Crippen LogP contribution in [0.5, 0.6) is 0 Å². The molecule has 0 spiro atoms. The minimum Gasteiger partial charge on any atom is -0.309 e. The lowest BCUT2D eigenvalue weighted by Crippen LogP contribution is -2.26. The van der Waals surface area contributed by atoms with Crippen LogP contribution in [0.1, 0.15) is 47.8 Å². The van der Waals surface area contributed by atoms with Crippen molar-refractivity contribution in [3.05, 3.63) is 75.2 Å². The van der Waals surface area contributed by atoms with Crippen LogP contribution in [0.2, 0.25) is 0 Å². The van der Waals surface area contributed by atoms with Gasteiger partial charge in [-0.2, -0.15) is 0 Å². The molecule has 4 rings (SSSR count). The number of imidazole rings is 1. The van der Waals surface area contributed by atoms with Crippen molar-refractivity contribution >= 4 is 21.6 Å². The van der Waals surface area contributed by atoms with E-state index in [0.29, 0.717) is 11.2 Å². The molecular formula is C21H23N5OS. The summed E-state index contributed by atoms with van der Waals surface area (Å²) in [6.07, 6.45) is 5.47. The molecule has 0 saturated heterocycles. The molecule has 3 heterocycles. The first-order valence-corrected chi connectivity index (χ1v) is 10.1. The maximum atomic E-state index is 12.5. The van der Waals surface area contributed by atoms with Gasteiger partial charge < -0.3 is 14.9 Å². The summed E-state index contributed by atoms with van der Waals surface area (Å²) in [5, 5.41) is 4.24. The molecule has 144 valence electrons. The molecule has 0 bridgehead atoms. The van der Waals surface area contributed by atoms with Gasteiger partial charge in [0.05, 0.1) is 17.8 Å². The van der Waals surface area contributed by atoms with Crippen LogP contribution in [-0.4, -0.2) is 19.5 Å². The van der Waals surface area contributed by atoms with Crippen molar-refractivity contribution in [2.24, 2.45) is 0 Å². The van der Waals surface area contributed by atoms with Gasteiger partial charge >= 0.3 is 0 Å². The van der Waals surface area contributed by atoms with Gasteiger partial charge in [0, 0.05) is 29.0 Å². The lowest BCUT2D eigenvalue weighted by atomic mass is 10.1. The van der Waals surface area contributed by atoms with Crippen LogP contribution in [0.15, 0.2) is 47.8 Å². The number of hydrogen-bond acceptors (Lipinski definition) is 5. The van der Waals surface area contributed by atoms with Crippen LogP contribution in [0.25, 0.3) is 15.9 Å². The van der Waals surface area contributed by atoms with Crippen LogP contribution >= 0.6 is 11.3 Å². The molecule has 2 N–H and O–H groups in total. The Balaban J connectivity index is 1.54. The molecule has 3 aromatic heterocycles. The van der Waals surface area contributed by atoms with Gasteiger partial charge in [-0.25, -0.2) is 9.97 Å². The minimum absolute atomic E-state index is 0.0622. The molecule has 0 unspecified atom stereocenters. The van der Waals surface area contributed by atoms with Gasteiger partial charge in [-0.15, -0.1) is 11.3 Å². The van der Waals surface area contributed by atoms with E-state index in [-0.39, 0.29) is 17.6 Å². The molecule has 0 aliphatic rings. The Labute approximate surface area is 167 Å². The first-order chi connectivity index (χ1) is 13.4. The van der Waals surface area contributed by atoms with Crippen LogP contribution < -0.4 is 10.9 Å². The van der Waals surface area contributed by atoms with Crippen molar-refractivity contribution in [2.45, 2.75) is 39.8 Å². The number of aromatic amines is 1. The Morgan fingerprint density at radius 3 is 2.57 bits per heavy atom. The highest BCUT2D eigenvalue weighted by atomic mass is 32.1. The third kappa shape index (κ3) is 3.39. The van der Waals surface area contributed by atoms with E-state index in [4.69, 9.17) is 4.98 Å². The van der Waals surface area contributed by atoms with Crippen LogP contribution in [0, 0.1) is 13.8 Å². The van der Waals surface area contributed by atoms with Crippen LogP contribution in [0.4, 0.5) is 0 Å². The molecule has 4 aromatic rings. The molecule has 0 fully saturated rings. The van der Waals surface area contributed by atoms with Gasteiger partial charge in [0.1, 0.15) is 10.7 Å². The van der Waals surface area contributed by atoms with Gasteiger partial charge in [-0.3, -0.25) is 4.79 Å². The molecule has 0 saturated carbocycles. The number of aromatic nitrogens is 4. The third-order valence-corrected chi connectivity index (χ3v) is 6.26. The Hall–Kier alpha value is -2.77. The summed E-state index contributed by atoms with van der Waals surface area (Å²) in [6.45, 7) is 8.13. The van der Waals surface area contributed by atoms with Crippen LogP contribution in [0.3, 0.4) is 0 Å². The number of H-pyrrole nitrogens is 1. The van der Waals surface area contributed by atoms with E-state index in [9.17, 15) is 4.79 Å². The van der Waals surface area contributed by atoms with E-state index in [2.05, 4.69) is 46.5 Å². The SMILES string of the molecule is Cc1sc2nc([C@@H](C)N[C@H](C)c3ccc(-n4ccnc4)cc3)[nH]c(=O)c2c1C. The molecule has 0 radical (unpaired) electrons. The molecule has 0 amide bonds. The Bertz CT molecular complexity index is 1160. The quantitative estimate of drug-likeness (QED) is 0.533. The van der Waals surface area contributed by atoms with Gasteiger partial charge in [0.15, 0.2) is 0 Å². The van der Waals surface area contributed by atoms with E-state index < -0.39 is 0 Å². The second kappa shape index (κ2) is 7.33. The highest BCUT2D eigenvalue weighted by Crippen LogP contribution is 2.27. The zero-order valence-electron chi connectivity index (χ0n) is 16.4. The zero-order chi connectivity index (χ0) is 19.8. The summed E-state index contributed by atoms with van der Waals surface area (Å²) in [6, 6.07) is 8.38. The number of benzene rings is 1. The van der Waals surface area contributed by atoms with Crippen LogP contribution in [-0.2, 0) is 0 Å². The maximum Gasteiger partial charge on any atom is 0.259 e. The fourth-order valence-electron chi connectivity index (χ4n) is 3.37. The summed E-state index contributed by atoms with van der Waals surface area (Å²) >= 11 is 1.57. The number of nitrogens with zero attached hydrogens (tertiary/aromatic N) is 3. The maximum absolute atomic E-state index is 12.5. The highest BCUT2D eigenvalue weighted by molar-refractivity contribution is 7.18. The molecule has 6 nitrogen and oxygen atoms in total. The molecule has 0 aliphatic carbocycles. The smallest absolute Gasteiger partial charge is 0.259 e. The molecule has 0 aliphatic heterocycles. The first kappa shape index (κ1) is 18.6. The Morgan fingerprint density at radius 1 is 1.14 bits per heavy atom. The summed E-state index contributed by atoms with van der Waals surface area (Å²) < 4.78 is 1.97. The first-order valence-electron chi connectivity index (χ1n) is 9.28. The molecule has 28 heavy (non-hydrogen) atoms. The van der Waals surface area contributed by atoms with E-state index in [1.54, 1.807) is 23.9 Å². The predicted octanol–water partition coefficient (Wildman–Crippen LogP) is 4.20. The summed E-state index contributed by atoms with van der Waals surface area (Å²) in [7, 11) is 0. The van der Waals surface area contributed by atoms with E-state index in [1.807, 2.05) is 31.5 Å². The van der Waals surface area contributed by atoms with E-state index >= 15 is 0 Å². The standard InChI is InChI=1S/C21H23N5OS/c1-12-15(4)28-21-18(12)20(27)24-19(25-21)14(3)23-13(2)16-5-7-17(8-6-16)26-10-9-22-11-26/h5-11,13-14,23H,1-4H3,(H,24,25,27)/t13-,14-/m1/s1. The molecule has 7 heteroatoms. The van der Waals surface area contributed by atoms with Crippen molar-refractivity contribution in [1.29, 1.82) is 0 Å². The number of thiophene rings is 1. The molecular weight excluding hydrogens is 370 g/mol.